The van der Waals surface area contributed by atoms with Gasteiger partial charge in [-0.15, -0.1) is 0 Å². The second-order valence-electron chi connectivity index (χ2n) is 3.71. The summed E-state index contributed by atoms with van der Waals surface area (Å²) in [7, 11) is 0. The van der Waals surface area contributed by atoms with Gasteiger partial charge in [-0.2, -0.15) is 0 Å². The number of benzene rings is 2. The number of carbonyl (C=O) groups is 1. The van der Waals surface area contributed by atoms with Crippen LogP contribution in [0.5, 0.6) is 0 Å². The molecule has 0 aliphatic rings. The quantitative estimate of drug-likeness (QED) is 0.811. The summed E-state index contributed by atoms with van der Waals surface area (Å²) in [5, 5.41) is 2.94. The normalized spacial score (nSPS) is 10.0. The van der Waals surface area contributed by atoms with Crippen molar-refractivity contribution < 1.29 is 9.18 Å². The maximum atomic E-state index is 13.9. The van der Waals surface area contributed by atoms with E-state index in [2.05, 4.69) is 5.32 Å². The molecule has 0 atom stereocenters. The van der Waals surface area contributed by atoms with E-state index in [0.29, 0.717) is 5.69 Å². The van der Waals surface area contributed by atoms with Gasteiger partial charge in [0.15, 0.2) is 11.6 Å². The molecular weight excluding hydrogens is 217 g/mol. The standard InChI is InChI=1S/C14H12FNO/c1-10(17)12-8-5-9-13(14(12)15)16-11-6-3-2-4-7-11/h2-9,16H,1H3. The number of Topliss-reactive ketones (excluding diaryl/α,β-unsaturated/α-hetero) is 1. The highest BCUT2D eigenvalue weighted by molar-refractivity contribution is 5.95. The van der Waals surface area contributed by atoms with Gasteiger partial charge in [0.1, 0.15) is 0 Å². The monoisotopic (exact) mass is 229 g/mol. The Hall–Kier alpha value is -2.16. The molecule has 17 heavy (non-hydrogen) atoms. The molecule has 0 aliphatic heterocycles. The molecule has 0 aromatic heterocycles. The predicted molar refractivity (Wildman–Crippen MR) is 66.1 cm³/mol. The zero-order valence-electron chi connectivity index (χ0n) is 9.41. The lowest BCUT2D eigenvalue weighted by Crippen LogP contribution is -2.01. The van der Waals surface area contributed by atoms with Crippen LogP contribution in [0.15, 0.2) is 48.5 Å². The largest absolute Gasteiger partial charge is 0.353 e. The molecular formula is C14H12FNO. The molecule has 0 radical (unpaired) electrons. The van der Waals surface area contributed by atoms with Crippen molar-refractivity contribution >= 4 is 17.2 Å². The van der Waals surface area contributed by atoms with E-state index in [0.717, 1.165) is 5.69 Å². The molecule has 0 heterocycles. The Kier molecular flexibility index (Phi) is 3.19. The number of hydrogen-bond acceptors (Lipinski definition) is 2. The fourth-order valence-electron chi connectivity index (χ4n) is 1.58. The Balaban J connectivity index is 2.34. The SMILES string of the molecule is CC(=O)c1cccc(Nc2ccccc2)c1F. The summed E-state index contributed by atoms with van der Waals surface area (Å²) in [5.74, 6) is -0.789. The zero-order valence-corrected chi connectivity index (χ0v) is 9.41. The van der Waals surface area contributed by atoms with E-state index in [4.69, 9.17) is 0 Å². The number of anilines is 2. The summed E-state index contributed by atoms with van der Waals surface area (Å²) in [6.45, 7) is 1.35. The predicted octanol–water partition coefficient (Wildman–Crippen LogP) is 3.77. The molecule has 2 nitrogen and oxygen atoms in total. The molecule has 0 aliphatic carbocycles. The van der Waals surface area contributed by atoms with Crippen molar-refractivity contribution in [3.63, 3.8) is 0 Å². The molecule has 3 heteroatoms. The van der Waals surface area contributed by atoms with Crippen molar-refractivity contribution in [1.82, 2.24) is 0 Å². The first kappa shape index (κ1) is 11.3. The number of nitrogens with one attached hydrogen (secondary N) is 1. The Morgan fingerprint density at radius 3 is 2.41 bits per heavy atom. The van der Waals surface area contributed by atoms with Crippen molar-refractivity contribution in [3.05, 3.63) is 59.9 Å². The highest BCUT2D eigenvalue weighted by atomic mass is 19.1. The summed E-state index contributed by atoms with van der Waals surface area (Å²) in [4.78, 5) is 11.2. The third-order valence-corrected chi connectivity index (χ3v) is 2.43. The highest BCUT2D eigenvalue weighted by Gasteiger charge is 2.11. The summed E-state index contributed by atoms with van der Waals surface area (Å²) in [6, 6.07) is 14.0. The summed E-state index contributed by atoms with van der Waals surface area (Å²) >= 11 is 0. The van der Waals surface area contributed by atoms with Crippen LogP contribution in [0.3, 0.4) is 0 Å². The molecule has 0 fully saturated rings. The van der Waals surface area contributed by atoms with E-state index in [1.165, 1.54) is 13.0 Å². The van der Waals surface area contributed by atoms with Crippen LogP contribution in [0.2, 0.25) is 0 Å². The van der Waals surface area contributed by atoms with Crippen LogP contribution in [-0.4, -0.2) is 5.78 Å². The minimum Gasteiger partial charge on any atom is -0.353 e. The van der Waals surface area contributed by atoms with Crippen LogP contribution in [-0.2, 0) is 0 Å². The van der Waals surface area contributed by atoms with Gasteiger partial charge in [0.25, 0.3) is 0 Å². The van der Waals surface area contributed by atoms with Crippen LogP contribution in [0.1, 0.15) is 17.3 Å². The molecule has 0 spiro atoms. The Morgan fingerprint density at radius 2 is 1.76 bits per heavy atom. The van der Waals surface area contributed by atoms with Gasteiger partial charge >= 0.3 is 0 Å². The lowest BCUT2D eigenvalue weighted by atomic mass is 10.1. The van der Waals surface area contributed by atoms with Crippen LogP contribution in [0, 0.1) is 5.82 Å². The molecule has 2 aromatic rings. The molecule has 1 N–H and O–H groups in total. The summed E-state index contributed by atoms with van der Waals surface area (Å²) in [5.41, 5.74) is 1.20. The number of halogens is 1. The van der Waals surface area contributed by atoms with E-state index in [1.54, 1.807) is 12.1 Å². The zero-order chi connectivity index (χ0) is 12.3. The molecule has 2 rings (SSSR count). The first-order valence-electron chi connectivity index (χ1n) is 5.30. The van der Waals surface area contributed by atoms with Crippen LogP contribution >= 0.6 is 0 Å². The fraction of sp³-hybridized carbons (Fsp3) is 0.0714. The Labute approximate surface area is 99.1 Å². The number of hydrogen-bond donors (Lipinski definition) is 1. The van der Waals surface area contributed by atoms with Gasteiger partial charge in [0.05, 0.1) is 11.3 Å². The van der Waals surface area contributed by atoms with Gasteiger partial charge in [-0.1, -0.05) is 24.3 Å². The number of carbonyl (C=O) groups excluding carboxylic acids is 1. The van der Waals surface area contributed by atoms with Crippen molar-refractivity contribution in [3.8, 4) is 0 Å². The van der Waals surface area contributed by atoms with Gasteiger partial charge in [0.2, 0.25) is 0 Å². The van der Waals surface area contributed by atoms with Gasteiger partial charge in [-0.3, -0.25) is 4.79 Å². The average molecular weight is 229 g/mol. The first-order chi connectivity index (χ1) is 8.18. The highest BCUT2D eigenvalue weighted by Crippen LogP contribution is 2.22. The third-order valence-electron chi connectivity index (χ3n) is 2.43. The second kappa shape index (κ2) is 4.78. The lowest BCUT2D eigenvalue weighted by Gasteiger charge is -2.09. The topological polar surface area (TPSA) is 29.1 Å². The second-order valence-corrected chi connectivity index (χ2v) is 3.71. The van der Waals surface area contributed by atoms with Gasteiger partial charge in [-0.05, 0) is 31.2 Å². The lowest BCUT2D eigenvalue weighted by molar-refractivity contribution is 0.101. The minimum atomic E-state index is -0.510. The minimum absolute atomic E-state index is 0.103. The van der Waals surface area contributed by atoms with E-state index in [9.17, 15) is 9.18 Å². The first-order valence-corrected chi connectivity index (χ1v) is 5.30. The molecule has 0 bridgehead atoms. The molecule has 2 aromatic carbocycles. The number of para-hydroxylation sites is 1. The Morgan fingerprint density at radius 1 is 1.06 bits per heavy atom. The molecule has 0 amide bonds. The van der Waals surface area contributed by atoms with E-state index in [1.807, 2.05) is 30.3 Å². The maximum Gasteiger partial charge on any atom is 0.162 e. The molecule has 0 saturated carbocycles. The molecule has 0 saturated heterocycles. The van der Waals surface area contributed by atoms with Crippen molar-refractivity contribution in [2.75, 3.05) is 5.32 Å². The van der Waals surface area contributed by atoms with Crippen LogP contribution in [0.4, 0.5) is 15.8 Å². The fourth-order valence-corrected chi connectivity index (χ4v) is 1.58. The van der Waals surface area contributed by atoms with E-state index < -0.39 is 5.82 Å². The van der Waals surface area contributed by atoms with Gasteiger partial charge < -0.3 is 5.32 Å². The maximum absolute atomic E-state index is 13.9. The van der Waals surface area contributed by atoms with E-state index >= 15 is 0 Å². The Bertz CT molecular complexity index is 537. The third kappa shape index (κ3) is 2.50. The van der Waals surface area contributed by atoms with Gasteiger partial charge in [-0.25, -0.2) is 4.39 Å². The van der Waals surface area contributed by atoms with Gasteiger partial charge in [0, 0.05) is 5.69 Å². The van der Waals surface area contributed by atoms with Crippen molar-refractivity contribution in [2.45, 2.75) is 6.92 Å². The summed E-state index contributed by atoms with van der Waals surface area (Å²) in [6.07, 6.45) is 0. The number of ketones is 1. The molecule has 0 unspecified atom stereocenters. The smallest absolute Gasteiger partial charge is 0.162 e. The van der Waals surface area contributed by atoms with Crippen molar-refractivity contribution in [2.24, 2.45) is 0 Å². The number of rotatable bonds is 3. The summed E-state index contributed by atoms with van der Waals surface area (Å²) < 4.78 is 13.9. The average Bonchev–Trinajstić information content (AvgIpc) is 2.33. The van der Waals surface area contributed by atoms with Crippen LogP contribution < -0.4 is 5.32 Å². The van der Waals surface area contributed by atoms with E-state index in [-0.39, 0.29) is 11.3 Å². The molecule has 86 valence electrons. The van der Waals surface area contributed by atoms with Crippen molar-refractivity contribution in [1.29, 1.82) is 0 Å². The van der Waals surface area contributed by atoms with Crippen LogP contribution in [0.25, 0.3) is 0 Å².